The molecule has 0 saturated heterocycles. The Bertz CT molecular complexity index is 1350. The Hall–Kier alpha value is -3.72. The molecule has 0 saturated carbocycles. The Morgan fingerprint density at radius 1 is 0.897 bits per heavy atom. The van der Waals surface area contributed by atoms with E-state index in [0.717, 1.165) is 27.6 Å². The number of sulfonamides is 1. The minimum absolute atomic E-state index is 0.00351. The van der Waals surface area contributed by atoms with Gasteiger partial charge in [-0.15, -0.1) is 0 Å². The van der Waals surface area contributed by atoms with E-state index in [1.165, 1.54) is 29.2 Å². The summed E-state index contributed by atoms with van der Waals surface area (Å²) in [4.78, 5) is 28.2. The van der Waals surface area contributed by atoms with Crippen molar-refractivity contribution < 1.29 is 22.4 Å². The molecule has 39 heavy (non-hydrogen) atoms. The fourth-order valence-corrected chi connectivity index (χ4v) is 5.41. The highest BCUT2D eigenvalue weighted by molar-refractivity contribution is 7.92. The number of nitrogens with one attached hydrogen (secondary N) is 1. The maximum atomic E-state index is 13.8. The van der Waals surface area contributed by atoms with Gasteiger partial charge < -0.3 is 10.2 Å². The standard InChI is InChI=1S/C30H36FN3O4S/c1-22(2)20-32-30(36)24(4)33(19-18-25-8-6-5-7-9-25)29(35)21-34(27-14-12-26(31)13-15-27)39(37,38)28-16-10-23(3)11-17-28/h5-17,22,24H,18-21H2,1-4H3,(H,32,36)/t24-/m1/s1. The molecule has 1 atom stereocenters. The lowest BCUT2D eigenvalue weighted by Crippen LogP contribution is -2.52. The van der Waals surface area contributed by atoms with Gasteiger partial charge in [0.25, 0.3) is 10.0 Å². The number of amides is 2. The second-order valence-electron chi connectivity index (χ2n) is 9.94. The molecule has 3 aromatic rings. The normalized spacial score (nSPS) is 12.2. The molecule has 208 valence electrons. The van der Waals surface area contributed by atoms with Gasteiger partial charge in [0.2, 0.25) is 11.8 Å². The Kier molecular flexibility index (Phi) is 10.2. The third kappa shape index (κ3) is 8.13. The molecule has 2 amide bonds. The first-order valence-electron chi connectivity index (χ1n) is 12.9. The predicted molar refractivity (Wildman–Crippen MR) is 151 cm³/mol. The van der Waals surface area contributed by atoms with Crippen molar-refractivity contribution in [2.45, 2.75) is 45.1 Å². The Morgan fingerprint density at radius 3 is 2.10 bits per heavy atom. The summed E-state index contributed by atoms with van der Waals surface area (Å²) in [5.74, 6) is -1.17. The van der Waals surface area contributed by atoms with Gasteiger partial charge in [0.1, 0.15) is 18.4 Å². The number of halogens is 1. The van der Waals surface area contributed by atoms with Crippen molar-refractivity contribution in [3.63, 3.8) is 0 Å². The van der Waals surface area contributed by atoms with Gasteiger partial charge in [0.05, 0.1) is 10.6 Å². The van der Waals surface area contributed by atoms with Gasteiger partial charge >= 0.3 is 0 Å². The molecule has 7 nitrogen and oxygen atoms in total. The molecule has 0 fully saturated rings. The smallest absolute Gasteiger partial charge is 0.264 e. The van der Waals surface area contributed by atoms with Gasteiger partial charge in [-0.3, -0.25) is 13.9 Å². The molecular weight excluding hydrogens is 517 g/mol. The number of benzene rings is 3. The largest absolute Gasteiger partial charge is 0.354 e. The van der Waals surface area contributed by atoms with E-state index >= 15 is 0 Å². The number of hydrogen-bond donors (Lipinski definition) is 1. The van der Waals surface area contributed by atoms with Crippen LogP contribution in [-0.2, 0) is 26.0 Å². The second-order valence-corrected chi connectivity index (χ2v) is 11.8. The van der Waals surface area contributed by atoms with Crippen molar-refractivity contribution in [1.82, 2.24) is 10.2 Å². The van der Waals surface area contributed by atoms with Gasteiger partial charge in [0.15, 0.2) is 0 Å². The maximum absolute atomic E-state index is 13.8. The van der Waals surface area contributed by atoms with Crippen molar-refractivity contribution in [2.75, 3.05) is 23.9 Å². The van der Waals surface area contributed by atoms with E-state index in [2.05, 4.69) is 5.32 Å². The van der Waals surface area contributed by atoms with E-state index < -0.39 is 34.3 Å². The number of nitrogens with zero attached hydrogens (tertiary/aromatic N) is 2. The third-order valence-electron chi connectivity index (χ3n) is 6.34. The Labute approximate surface area is 230 Å². The lowest BCUT2D eigenvalue weighted by atomic mass is 10.1. The molecule has 0 bridgehead atoms. The van der Waals surface area contributed by atoms with Crippen LogP contribution in [0.1, 0.15) is 31.9 Å². The first-order chi connectivity index (χ1) is 18.5. The van der Waals surface area contributed by atoms with Crippen molar-refractivity contribution in [3.05, 3.63) is 95.8 Å². The SMILES string of the molecule is Cc1ccc(S(=O)(=O)N(CC(=O)N(CCc2ccccc2)[C@H](C)C(=O)NCC(C)C)c2ccc(F)cc2)cc1. The molecule has 0 aliphatic carbocycles. The summed E-state index contributed by atoms with van der Waals surface area (Å²) in [5.41, 5.74) is 2.00. The minimum Gasteiger partial charge on any atom is -0.354 e. The van der Waals surface area contributed by atoms with Crippen molar-refractivity contribution >= 4 is 27.5 Å². The average molecular weight is 554 g/mol. The van der Waals surface area contributed by atoms with Crippen LogP contribution in [0.2, 0.25) is 0 Å². The molecule has 3 aromatic carbocycles. The first-order valence-corrected chi connectivity index (χ1v) is 14.4. The molecule has 0 aliphatic heterocycles. The summed E-state index contributed by atoms with van der Waals surface area (Å²) in [6.45, 7) is 7.52. The van der Waals surface area contributed by atoms with E-state index in [9.17, 15) is 22.4 Å². The number of carbonyl (C=O) groups excluding carboxylic acids is 2. The van der Waals surface area contributed by atoms with Crippen LogP contribution in [0.15, 0.2) is 83.8 Å². The van der Waals surface area contributed by atoms with Crippen LogP contribution in [0.4, 0.5) is 10.1 Å². The number of aryl methyl sites for hydroxylation is 1. The second kappa shape index (κ2) is 13.4. The highest BCUT2D eigenvalue weighted by atomic mass is 32.2. The van der Waals surface area contributed by atoms with Gasteiger partial charge in [0, 0.05) is 13.1 Å². The zero-order valence-electron chi connectivity index (χ0n) is 22.8. The van der Waals surface area contributed by atoms with Crippen LogP contribution in [0.3, 0.4) is 0 Å². The predicted octanol–water partition coefficient (Wildman–Crippen LogP) is 4.56. The average Bonchev–Trinajstić information content (AvgIpc) is 2.91. The molecule has 9 heteroatoms. The summed E-state index contributed by atoms with van der Waals surface area (Å²) in [6, 6.07) is 19.9. The van der Waals surface area contributed by atoms with Crippen LogP contribution >= 0.6 is 0 Å². The highest BCUT2D eigenvalue weighted by Crippen LogP contribution is 2.25. The number of hydrogen-bond acceptors (Lipinski definition) is 4. The molecule has 0 aromatic heterocycles. The molecule has 0 aliphatic rings. The maximum Gasteiger partial charge on any atom is 0.264 e. The fraction of sp³-hybridized carbons (Fsp3) is 0.333. The molecule has 1 N–H and O–H groups in total. The Balaban J connectivity index is 1.95. The monoisotopic (exact) mass is 553 g/mol. The van der Waals surface area contributed by atoms with Crippen LogP contribution in [0, 0.1) is 18.7 Å². The topological polar surface area (TPSA) is 86.8 Å². The molecule has 0 heterocycles. The molecule has 0 unspecified atom stereocenters. The lowest BCUT2D eigenvalue weighted by molar-refractivity contribution is -0.138. The highest BCUT2D eigenvalue weighted by Gasteiger charge is 2.32. The summed E-state index contributed by atoms with van der Waals surface area (Å²) in [6.07, 6.45) is 0.482. The quantitative estimate of drug-likeness (QED) is 0.356. The third-order valence-corrected chi connectivity index (χ3v) is 8.13. The number of anilines is 1. The number of rotatable bonds is 12. The minimum atomic E-state index is -4.18. The molecule has 0 spiro atoms. The van der Waals surface area contributed by atoms with Gasteiger partial charge in [-0.1, -0.05) is 61.9 Å². The van der Waals surface area contributed by atoms with E-state index in [1.54, 1.807) is 19.1 Å². The Morgan fingerprint density at radius 2 is 1.51 bits per heavy atom. The van der Waals surface area contributed by atoms with E-state index in [1.807, 2.05) is 51.1 Å². The summed E-state index contributed by atoms with van der Waals surface area (Å²) in [5, 5.41) is 2.86. The van der Waals surface area contributed by atoms with Crippen molar-refractivity contribution in [3.8, 4) is 0 Å². The first kappa shape index (κ1) is 29.8. The summed E-state index contributed by atoms with van der Waals surface area (Å²) in [7, 11) is -4.18. The van der Waals surface area contributed by atoms with E-state index in [4.69, 9.17) is 0 Å². The van der Waals surface area contributed by atoms with Gasteiger partial charge in [-0.2, -0.15) is 0 Å². The van der Waals surface area contributed by atoms with E-state index in [-0.39, 0.29) is 29.0 Å². The zero-order valence-corrected chi connectivity index (χ0v) is 23.6. The number of carbonyl (C=O) groups is 2. The van der Waals surface area contributed by atoms with Crippen LogP contribution in [0.5, 0.6) is 0 Å². The molecule has 3 rings (SSSR count). The molecular formula is C30H36FN3O4S. The summed E-state index contributed by atoms with van der Waals surface area (Å²) < 4.78 is 42.1. The zero-order chi connectivity index (χ0) is 28.6. The van der Waals surface area contributed by atoms with Crippen LogP contribution < -0.4 is 9.62 Å². The van der Waals surface area contributed by atoms with Crippen LogP contribution in [-0.4, -0.2) is 50.8 Å². The van der Waals surface area contributed by atoms with Crippen LogP contribution in [0.25, 0.3) is 0 Å². The van der Waals surface area contributed by atoms with Crippen molar-refractivity contribution in [1.29, 1.82) is 0 Å². The van der Waals surface area contributed by atoms with Gasteiger partial charge in [-0.05, 0) is 68.1 Å². The van der Waals surface area contributed by atoms with Gasteiger partial charge in [-0.25, -0.2) is 12.8 Å². The van der Waals surface area contributed by atoms with Crippen molar-refractivity contribution in [2.24, 2.45) is 5.92 Å². The van der Waals surface area contributed by atoms with E-state index in [0.29, 0.717) is 13.0 Å². The lowest BCUT2D eigenvalue weighted by Gasteiger charge is -2.32. The molecule has 0 radical (unpaired) electrons. The fourth-order valence-electron chi connectivity index (χ4n) is 4.00. The summed E-state index contributed by atoms with van der Waals surface area (Å²) >= 11 is 0.